The predicted octanol–water partition coefficient (Wildman–Crippen LogP) is 8.86. The standard InChI is InChI=1S/C27H44/c1-4-6-7-22-8-12-24(13-9-22)26-16-18-27(19-17-26)25-14-10-23(11-15-25)20-21(3)5-2/h16-19,21-25H,4-15,20H2,1-3H3. The number of hydrogen-bond acceptors (Lipinski definition) is 0. The van der Waals surface area contributed by atoms with Crippen molar-refractivity contribution in [2.24, 2.45) is 17.8 Å². The van der Waals surface area contributed by atoms with E-state index in [1.807, 2.05) is 0 Å². The van der Waals surface area contributed by atoms with Gasteiger partial charge in [-0.1, -0.05) is 70.7 Å². The Hall–Kier alpha value is -0.780. The van der Waals surface area contributed by atoms with Crippen molar-refractivity contribution in [2.45, 2.75) is 116 Å². The molecule has 27 heavy (non-hydrogen) atoms. The van der Waals surface area contributed by atoms with Crippen LogP contribution in [0.1, 0.15) is 127 Å². The molecule has 0 radical (unpaired) electrons. The summed E-state index contributed by atoms with van der Waals surface area (Å²) in [5, 5.41) is 0. The average molecular weight is 369 g/mol. The predicted molar refractivity (Wildman–Crippen MR) is 119 cm³/mol. The first-order valence-electron chi connectivity index (χ1n) is 12.3. The van der Waals surface area contributed by atoms with Gasteiger partial charge in [0.15, 0.2) is 0 Å². The minimum atomic E-state index is 0.831. The van der Waals surface area contributed by atoms with Crippen LogP contribution < -0.4 is 0 Å². The molecule has 1 atom stereocenters. The van der Waals surface area contributed by atoms with Gasteiger partial charge < -0.3 is 0 Å². The molecular formula is C27H44. The Bertz CT molecular complexity index is 511. The molecule has 0 bridgehead atoms. The molecule has 0 aliphatic heterocycles. The average Bonchev–Trinajstić information content (AvgIpc) is 2.73. The fourth-order valence-corrected chi connectivity index (χ4v) is 5.78. The third-order valence-electron chi connectivity index (χ3n) is 7.97. The monoisotopic (exact) mass is 368 g/mol. The molecule has 2 aliphatic rings. The van der Waals surface area contributed by atoms with E-state index in [1.165, 1.54) is 83.5 Å². The number of benzene rings is 1. The summed E-state index contributed by atoms with van der Waals surface area (Å²) in [4.78, 5) is 0. The van der Waals surface area contributed by atoms with Gasteiger partial charge in [-0.05, 0) is 98.5 Å². The van der Waals surface area contributed by atoms with Crippen LogP contribution in [0.15, 0.2) is 24.3 Å². The van der Waals surface area contributed by atoms with Crippen LogP contribution in [-0.4, -0.2) is 0 Å². The Morgan fingerprint density at radius 3 is 1.67 bits per heavy atom. The van der Waals surface area contributed by atoms with Gasteiger partial charge in [0, 0.05) is 0 Å². The zero-order chi connectivity index (χ0) is 19.1. The summed E-state index contributed by atoms with van der Waals surface area (Å²) in [5.74, 6) is 4.60. The summed E-state index contributed by atoms with van der Waals surface area (Å²) >= 11 is 0. The Balaban J connectivity index is 1.46. The van der Waals surface area contributed by atoms with E-state index in [1.54, 1.807) is 11.1 Å². The second kappa shape index (κ2) is 10.7. The molecule has 0 heteroatoms. The van der Waals surface area contributed by atoms with Crippen molar-refractivity contribution in [2.75, 3.05) is 0 Å². The molecule has 1 unspecified atom stereocenters. The summed E-state index contributed by atoms with van der Waals surface area (Å²) in [5.41, 5.74) is 3.25. The molecule has 2 saturated carbocycles. The van der Waals surface area contributed by atoms with Crippen LogP contribution in [0.4, 0.5) is 0 Å². The summed E-state index contributed by atoms with van der Waals surface area (Å²) in [6.07, 6.45) is 18.6. The van der Waals surface area contributed by atoms with Crippen molar-refractivity contribution in [3.8, 4) is 0 Å². The summed E-state index contributed by atoms with van der Waals surface area (Å²) in [6.45, 7) is 7.10. The van der Waals surface area contributed by atoms with Crippen LogP contribution in [0, 0.1) is 17.8 Å². The Labute approximate surface area is 169 Å². The van der Waals surface area contributed by atoms with Gasteiger partial charge in [0.25, 0.3) is 0 Å². The van der Waals surface area contributed by atoms with E-state index in [0.29, 0.717) is 0 Å². The zero-order valence-electron chi connectivity index (χ0n) is 18.4. The van der Waals surface area contributed by atoms with E-state index in [4.69, 9.17) is 0 Å². The van der Waals surface area contributed by atoms with Crippen molar-refractivity contribution < 1.29 is 0 Å². The van der Waals surface area contributed by atoms with E-state index >= 15 is 0 Å². The van der Waals surface area contributed by atoms with Gasteiger partial charge in [-0.2, -0.15) is 0 Å². The molecule has 0 saturated heterocycles. The maximum Gasteiger partial charge on any atom is -0.0162 e. The molecule has 2 aliphatic carbocycles. The number of hydrogen-bond donors (Lipinski definition) is 0. The van der Waals surface area contributed by atoms with Crippen LogP contribution in [0.2, 0.25) is 0 Å². The molecule has 0 aromatic heterocycles. The topological polar surface area (TPSA) is 0 Å². The van der Waals surface area contributed by atoms with Gasteiger partial charge in [-0.25, -0.2) is 0 Å². The number of unbranched alkanes of at least 4 members (excludes halogenated alkanes) is 1. The first-order chi connectivity index (χ1) is 13.2. The first kappa shape index (κ1) is 20.9. The molecule has 0 amide bonds. The van der Waals surface area contributed by atoms with Crippen molar-refractivity contribution in [1.82, 2.24) is 0 Å². The SMILES string of the molecule is CCCCC1CCC(c2ccc(C3CCC(CC(C)CC)CC3)cc2)CC1. The van der Waals surface area contributed by atoms with E-state index in [-0.39, 0.29) is 0 Å². The molecule has 1 aromatic rings. The Morgan fingerprint density at radius 2 is 1.22 bits per heavy atom. The fourth-order valence-electron chi connectivity index (χ4n) is 5.78. The van der Waals surface area contributed by atoms with E-state index in [0.717, 1.165) is 29.6 Å². The van der Waals surface area contributed by atoms with Gasteiger partial charge in [-0.15, -0.1) is 0 Å². The highest BCUT2D eigenvalue weighted by Gasteiger charge is 2.25. The maximum atomic E-state index is 2.48. The third-order valence-corrected chi connectivity index (χ3v) is 7.97. The summed E-state index contributed by atoms with van der Waals surface area (Å²) in [7, 11) is 0. The Kier molecular flexibility index (Phi) is 8.28. The molecular weight excluding hydrogens is 324 g/mol. The molecule has 0 nitrogen and oxygen atoms in total. The zero-order valence-corrected chi connectivity index (χ0v) is 18.4. The third kappa shape index (κ3) is 6.10. The van der Waals surface area contributed by atoms with Crippen LogP contribution in [0.3, 0.4) is 0 Å². The lowest BCUT2D eigenvalue weighted by Gasteiger charge is -2.31. The lowest BCUT2D eigenvalue weighted by atomic mass is 9.74. The van der Waals surface area contributed by atoms with Gasteiger partial charge in [0.2, 0.25) is 0 Å². The minimum absolute atomic E-state index is 0.831. The fraction of sp³-hybridized carbons (Fsp3) is 0.778. The second-order valence-corrected chi connectivity index (χ2v) is 9.99. The normalized spacial score (nSPS) is 30.2. The van der Waals surface area contributed by atoms with E-state index in [9.17, 15) is 0 Å². The summed E-state index contributed by atoms with van der Waals surface area (Å²) < 4.78 is 0. The van der Waals surface area contributed by atoms with Crippen LogP contribution >= 0.6 is 0 Å². The van der Waals surface area contributed by atoms with Crippen LogP contribution in [0.25, 0.3) is 0 Å². The first-order valence-corrected chi connectivity index (χ1v) is 12.3. The van der Waals surface area contributed by atoms with E-state index < -0.39 is 0 Å². The lowest BCUT2D eigenvalue weighted by molar-refractivity contribution is 0.273. The summed E-state index contributed by atoms with van der Waals surface area (Å²) in [6, 6.07) is 9.94. The smallest absolute Gasteiger partial charge is 0.0162 e. The minimum Gasteiger partial charge on any atom is -0.0654 e. The van der Waals surface area contributed by atoms with Crippen molar-refractivity contribution in [3.05, 3.63) is 35.4 Å². The quantitative estimate of drug-likeness (QED) is 0.430. The van der Waals surface area contributed by atoms with Crippen LogP contribution in [-0.2, 0) is 0 Å². The van der Waals surface area contributed by atoms with Crippen LogP contribution in [0.5, 0.6) is 0 Å². The molecule has 0 N–H and O–H groups in total. The molecule has 3 rings (SSSR count). The largest absolute Gasteiger partial charge is 0.0654 e. The van der Waals surface area contributed by atoms with Gasteiger partial charge >= 0.3 is 0 Å². The second-order valence-electron chi connectivity index (χ2n) is 9.99. The van der Waals surface area contributed by atoms with E-state index in [2.05, 4.69) is 45.0 Å². The molecule has 0 spiro atoms. The highest BCUT2D eigenvalue weighted by atomic mass is 14.3. The van der Waals surface area contributed by atoms with Crippen molar-refractivity contribution >= 4 is 0 Å². The van der Waals surface area contributed by atoms with Crippen molar-refractivity contribution in [3.63, 3.8) is 0 Å². The molecule has 2 fully saturated rings. The van der Waals surface area contributed by atoms with Gasteiger partial charge in [0.05, 0.1) is 0 Å². The molecule has 152 valence electrons. The maximum absolute atomic E-state index is 2.48. The lowest BCUT2D eigenvalue weighted by Crippen LogP contribution is -2.16. The number of rotatable bonds is 8. The highest BCUT2D eigenvalue weighted by molar-refractivity contribution is 5.28. The molecule has 1 aromatic carbocycles. The van der Waals surface area contributed by atoms with Crippen molar-refractivity contribution in [1.29, 1.82) is 0 Å². The highest BCUT2D eigenvalue weighted by Crippen LogP contribution is 2.40. The van der Waals surface area contributed by atoms with Gasteiger partial charge in [0.1, 0.15) is 0 Å². The van der Waals surface area contributed by atoms with Gasteiger partial charge in [-0.3, -0.25) is 0 Å². The molecule has 0 heterocycles. The Morgan fingerprint density at radius 1 is 0.741 bits per heavy atom.